The van der Waals surface area contributed by atoms with Gasteiger partial charge in [-0.1, -0.05) is 127 Å². The molecule has 0 N–H and O–H groups in total. The van der Waals surface area contributed by atoms with Crippen molar-refractivity contribution < 1.29 is 0 Å². The molecular formula is C47H32N4. The third kappa shape index (κ3) is 5.52. The number of allylic oxidation sites excluding steroid dienone is 4. The highest BCUT2D eigenvalue weighted by Crippen LogP contribution is 2.44. The highest BCUT2D eigenvalue weighted by molar-refractivity contribution is 6.11. The van der Waals surface area contributed by atoms with Gasteiger partial charge in [0.15, 0.2) is 5.82 Å². The second-order valence-corrected chi connectivity index (χ2v) is 12.8. The number of aromatic nitrogens is 3. The van der Waals surface area contributed by atoms with Crippen LogP contribution in [0.1, 0.15) is 24.1 Å². The summed E-state index contributed by atoms with van der Waals surface area (Å²) >= 11 is 0. The molecular weight excluding hydrogens is 621 g/mol. The second-order valence-electron chi connectivity index (χ2n) is 12.8. The second kappa shape index (κ2) is 12.9. The Kier molecular flexibility index (Phi) is 7.64. The van der Waals surface area contributed by atoms with E-state index in [1.54, 1.807) is 0 Å². The smallest absolute Gasteiger partial charge is 0.160 e. The van der Waals surface area contributed by atoms with Crippen LogP contribution in [0.25, 0.3) is 78.0 Å². The summed E-state index contributed by atoms with van der Waals surface area (Å²) in [7, 11) is 0. The fourth-order valence-electron chi connectivity index (χ4n) is 7.24. The lowest BCUT2D eigenvalue weighted by Crippen LogP contribution is -2.03. The van der Waals surface area contributed by atoms with Gasteiger partial charge in [0.05, 0.1) is 39.7 Å². The lowest BCUT2D eigenvalue weighted by Gasteiger charge is -2.21. The number of nitrogens with zero attached hydrogens (tertiary/aromatic N) is 4. The van der Waals surface area contributed by atoms with E-state index in [2.05, 4.69) is 150 Å². The predicted octanol–water partition coefficient (Wildman–Crippen LogP) is 11.8. The van der Waals surface area contributed by atoms with E-state index >= 15 is 0 Å². The fourth-order valence-corrected chi connectivity index (χ4v) is 7.24. The van der Waals surface area contributed by atoms with Gasteiger partial charge in [-0.05, 0) is 72.0 Å². The maximum atomic E-state index is 9.84. The van der Waals surface area contributed by atoms with E-state index in [-0.39, 0.29) is 0 Å². The Morgan fingerprint density at radius 3 is 1.78 bits per heavy atom. The molecule has 0 saturated carbocycles. The number of hydrogen-bond acceptors (Lipinski definition) is 3. The van der Waals surface area contributed by atoms with E-state index in [1.165, 1.54) is 0 Å². The molecule has 1 aliphatic rings. The van der Waals surface area contributed by atoms with Gasteiger partial charge >= 0.3 is 0 Å². The molecule has 8 aromatic rings. The Morgan fingerprint density at radius 2 is 1.14 bits per heavy atom. The van der Waals surface area contributed by atoms with E-state index < -0.39 is 0 Å². The summed E-state index contributed by atoms with van der Waals surface area (Å²) < 4.78 is 2.37. The van der Waals surface area contributed by atoms with E-state index in [0.29, 0.717) is 11.4 Å². The van der Waals surface area contributed by atoms with Crippen LogP contribution in [0.5, 0.6) is 0 Å². The minimum Gasteiger partial charge on any atom is -0.308 e. The SMILES string of the molecule is N#Cc1ccc2c(c1)c1ccccc1n2-c1c(-c2ccccc2)cc(-c2cc(C3=CCCC=C3)nc(-c3ccccc3)n2)cc1-c1ccccc1. The summed E-state index contributed by atoms with van der Waals surface area (Å²) in [5.74, 6) is 0.699. The van der Waals surface area contributed by atoms with E-state index in [9.17, 15) is 5.26 Å². The maximum absolute atomic E-state index is 9.84. The van der Waals surface area contributed by atoms with Crippen LogP contribution < -0.4 is 0 Å². The van der Waals surface area contributed by atoms with Crippen molar-refractivity contribution >= 4 is 27.4 Å². The molecule has 0 fully saturated rings. The molecule has 2 aromatic heterocycles. The lowest BCUT2D eigenvalue weighted by molar-refractivity contribution is 1.03. The molecule has 240 valence electrons. The Morgan fingerprint density at radius 1 is 0.529 bits per heavy atom. The van der Waals surface area contributed by atoms with Gasteiger partial charge in [-0.25, -0.2) is 9.97 Å². The van der Waals surface area contributed by atoms with E-state index in [1.807, 2.05) is 30.3 Å². The minimum absolute atomic E-state index is 0.643. The molecule has 0 bridgehead atoms. The Labute approximate surface area is 297 Å². The molecule has 1 aliphatic carbocycles. The number of nitriles is 1. The summed E-state index contributed by atoms with van der Waals surface area (Å²) in [4.78, 5) is 10.3. The van der Waals surface area contributed by atoms with Crippen LogP contribution >= 0.6 is 0 Å². The summed E-state index contributed by atoms with van der Waals surface area (Å²) in [6.07, 6.45) is 8.70. The zero-order chi connectivity index (χ0) is 34.1. The van der Waals surface area contributed by atoms with Crippen molar-refractivity contribution in [2.45, 2.75) is 12.8 Å². The minimum atomic E-state index is 0.643. The Bertz CT molecular complexity index is 2620. The Balaban J connectivity index is 1.40. The normalized spacial score (nSPS) is 12.6. The van der Waals surface area contributed by atoms with Gasteiger partial charge in [-0.3, -0.25) is 0 Å². The summed E-state index contributed by atoms with van der Waals surface area (Å²) in [6, 6.07) is 55.0. The number of hydrogen-bond donors (Lipinski definition) is 0. The van der Waals surface area contributed by atoms with Gasteiger partial charge in [0.1, 0.15) is 0 Å². The third-order valence-corrected chi connectivity index (χ3v) is 9.65. The standard InChI is InChI=1S/C47H32N4/c48-31-32-25-26-45-41(27-32)38-23-13-14-24-44(38)51(45)46-39(33-15-5-1-6-16-33)28-37(29-40(46)34-17-7-2-8-18-34)43-30-42(35-19-9-3-10-20-35)49-47(50-43)36-21-11-4-12-22-36/h1-2,4-9,11-30H,3,10H2. The molecule has 0 atom stereocenters. The third-order valence-electron chi connectivity index (χ3n) is 9.65. The summed E-state index contributed by atoms with van der Waals surface area (Å²) in [5.41, 5.74) is 13.1. The molecule has 51 heavy (non-hydrogen) atoms. The van der Waals surface area contributed by atoms with Gasteiger partial charge in [-0.2, -0.15) is 5.26 Å². The monoisotopic (exact) mass is 652 g/mol. The molecule has 0 saturated heterocycles. The average molecular weight is 653 g/mol. The van der Waals surface area contributed by atoms with Gasteiger partial charge in [0.25, 0.3) is 0 Å². The molecule has 4 heteroatoms. The molecule has 2 heterocycles. The molecule has 9 rings (SSSR count). The first-order chi connectivity index (χ1) is 25.2. The Hall–Kier alpha value is -6.83. The van der Waals surface area contributed by atoms with Crippen molar-refractivity contribution in [3.8, 4) is 56.7 Å². The summed E-state index contributed by atoms with van der Waals surface area (Å²) in [6.45, 7) is 0. The van der Waals surface area contributed by atoms with Crippen molar-refractivity contribution in [2.24, 2.45) is 0 Å². The summed E-state index contributed by atoms with van der Waals surface area (Å²) in [5, 5.41) is 12.0. The van der Waals surface area contributed by atoms with Crippen LogP contribution in [0.3, 0.4) is 0 Å². The van der Waals surface area contributed by atoms with Crippen molar-refractivity contribution in [3.05, 3.63) is 181 Å². The maximum Gasteiger partial charge on any atom is 0.160 e. The molecule has 0 unspecified atom stereocenters. The van der Waals surface area contributed by atoms with Crippen molar-refractivity contribution in [3.63, 3.8) is 0 Å². The molecule has 0 aliphatic heterocycles. The van der Waals surface area contributed by atoms with Gasteiger partial charge in [-0.15, -0.1) is 0 Å². The molecule has 0 radical (unpaired) electrons. The first-order valence-corrected chi connectivity index (χ1v) is 17.3. The number of para-hydroxylation sites is 1. The van der Waals surface area contributed by atoms with E-state index in [0.717, 1.165) is 90.7 Å². The van der Waals surface area contributed by atoms with Crippen LogP contribution in [0.4, 0.5) is 0 Å². The largest absolute Gasteiger partial charge is 0.308 e. The first-order valence-electron chi connectivity index (χ1n) is 17.3. The molecule has 0 spiro atoms. The molecule has 6 aromatic carbocycles. The van der Waals surface area contributed by atoms with Crippen LogP contribution in [-0.4, -0.2) is 14.5 Å². The number of rotatable bonds is 6. The zero-order valence-electron chi connectivity index (χ0n) is 27.9. The van der Waals surface area contributed by atoms with Crippen LogP contribution in [0, 0.1) is 11.3 Å². The predicted molar refractivity (Wildman–Crippen MR) is 209 cm³/mol. The fraction of sp³-hybridized carbons (Fsp3) is 0.0426. The number of benzene rings is 6. The van der Waals surface area contributed by atoms with Gasteiger partial charge in [0.2, 0.25) is 0 Å². The van der Waals surface area contributed by atoms with Crippen molar-refractivity contribution in [1.82, 2.24) is 14.5 Å². The quantitative estimate of drug-likeness (QED) is 0.180. The van der Waals surface area contributed by atoms with Crippen LogP contribution in [0.2, 0.25) is 0 Å². The van der Waals surface area contributed by atoms with E-state index in [4.69, 9.17) is 9.97 Å². The number of fused-ring (bicyclic) bond motifs is 3. The topological polar surface area (TPSA) is 54.5 Å². The van der Waals surface area contributed by atoms with Crippen LogP contribution in [-0.2, 0) is 0 Å². The van der Waals surface area contributed by atoms with Gasteiger partial charge < -0.3 is 4.57 Å². The highest BCUT2D eigenvalue weighted by atomic mass is 15.0. The highest BCUT2D eigenvalue weighted by Gasteiger charge is 2.23. The lowest BCUT2D eigenvalue weighted by atomic mass is 9.91. The average Bonchev–Trinajstić information content (AvgIpc) is 3.54. The molecule has 0 amide bonds. The van der Waals surface area contributed by atoms with Crippen molar-refractivity contribution in [1.29, 1.82) is 5.26 Å². The first kappa shape index (κ1) is 30.2. The van der Waals surface area contributed by atoms with Gasteiger partial charge in [0, 0.05) is 33.0 Å². The van der Waals surface area contributed by atoms with Crippen molar-refractivity contribution in [2.75, 3.05) is 0 Å². The molecule has 4 nitrogen and oxygen atoms in total. The van der Waals surface area contributed by atoms with Crippen LogP contribution in [0.15, 0.2) is 170 Å². The zero-order valence-corrected chi connectivity index (χ0v) is 27.9.